The Morgan fingerprint density at radius 2 is 2.25 bits per heavy atom. The van der Waals surface area contributed by atoms with E-state index in [9.17, 15) is 13.6 Å². The number of rotatable bonds is 3. The summed E-state index contributed by atoms with van der Waals surface area (Å²) in [6.07, 6.45) is -1.58. The van der Waals surface area contributed by atoms with E-state index >= 15 is 0 Å². The Morgan fingerprint density at radius 1 is 1.50 bits per heavy atom. The van der Waals surface area contributed by atoms with Crippen molar-refractivity contribution >= 4 is 11.5 Å². The van der Waals surface area contributed by atoms with Gasteiger partial charge in [0.05, 0.1) is 6.54 Å². The van der Waals surface area contributed by atoms with Crippen molar-refractivity contribution in [2.45, 2.75) is 19.8 Å². The topological polar surface area (TPSA) is 20.3 Å². The lowest BCUT2D eigenvalue weighted by Crippen LogP contribution is -2.26. The number of fused-ring (bicyclic) bond motifs is 1. The summed E-state index contributed by atoms with van der Waals surface area (Å²) >= 11 is 0. The minimum Gasteiger partial charge on any atom is -0.365 e. The number of alkyl halides is 2. The van der Waals surface area contributed by atoms with E-state index in [0.717, 1.165) is 17.7 Å². The maximum atomic E-state index is 12.3. The van der Waals surface area contributed by atoms with Gasteiger partial charge in [-0.2, -0.15) is 0 Å². The zero-order valence-corrected chi connectivity index (χ0v) is 9.04. The number of Topliss-reactive ketones (excluding diaryl/α,β-unsaturated/α-hetero) is 1. The Bertz CT molecular complexity index is 417. The first-order valence-corrected chi connectivity index (χ1v) is 5.25. The van der Waals surface area contributed by atoms with Crippen molar-refractivity contribution in [1.82, 2.24) is 0 Å². The molecule has 86 valence electrons. The standard InChI is InChI=1S/C12H13F2NO/c1-8(16)9-2-3-11-10(6-9)4-5-15(11)7-12(13)14/h2-3,6,12H,4-5,7H2,1H3. The number of carbonyl (C=O) groups excluding carboxylic acids is 1. The van der Waals surface area contributed by atoms with Crippen LogP contribution in [0.2, 0.25) is 0 Å². The second kappa shape index (κ2) is 4.20. The molecule has 2 nitrogen and oxygen atoms in total. The van der Waals surface area contributed by atoms with Crippen LogP contribution in [0, 0.1) is 0 Å². The van der Waals surface area contributed by atoms with Crippen LogP contribution < -0.4 is 4.90 Å². The van der Waals surface area contributed by atoms with Crippen LogP contribution in [0.1, 0.15) is 22.8 Å². The van der Waals surface area contributed by atoms with E-state index in [0.29, 0.717) is 12.1 Å². The minimum atomic E-state index is -2.32. The summed E-state index contributed by atoms with van der Waals surface area (Å²) in [4.78, 5) is 12.8. The summed E-state index contributed by atoms with van der Waals surface area (Å²) in [5.41, 5.74) is 2.48. The van der Waals surface area contributed by atoms with Crippen molar-refractivity contribution in [3.63, 3.8) is 0 Å². The second-order valence-corrected chi connectivity index (χ2v) is 3.99. The van der Waals surface area contributed by atoms with Crippen LogP contribution in [0.5, 0.6) is 0 Å². The number of halogens is 2. The molecule has 0 N–H and O–H groups in total. The number of ketones is 1. The van der Waals surface area contributed by atoms with Gasteiger partial charge in [-0.25, -0.2) is 8.78 Å². The lowest BCUT2D eigenvalue weighted by atomic mass is 10.1. The lowest BCUT2D eigenvalue weighted by Gasteiger charge is -2.18. The van der Waals surface area contributed by atoms with Gasteiger partial charge in [-0.15, -0.1) is 0 Å². The van der Waals surface area contributed by atoms with E-state index in [1.165, 1.54) is 6.92 Å². The predicted octanol–water partition coefficient (Wildman–Crippen LogP) is 2.52. The van der Waals surface area contributed by atoms with E-state index < -0.39 is 6.43 Å². The Kier molecular flexibility index (Phi) is 2.90. The van der Waals surface area contributed by atoms with E-state index in [1.54, 1.807) is 17.0 Å². The van der Waals surface area contributed by atoms with Gasteiger partial charge < -0.3 is 4.90 Å². The van der Waals surface area contributed by atoms with Crippen molar-refractivity contribution < 1.29 is 13.6 Å². The second-order valence-electron chi connectivity index (χ2n) is 3.99. The predicted molar refractivity (Wildman–Crippen MR) is 58.4 cm³/mol. The summed E-state index contributed by atoms with van der Waals surface area (Å²) < 4.78 is 24.6. The van der Waals surface area contributed by atoms with Gasteiger partial charge in [-0.1, -0.05) is 0 Å². The van der Waals surface area contributed by atoms with Gasteiger partial charge >= 0.3 is 0 Å². The highest BCUT2D eigenvalue weighted by atomic mass is 19.3. The van der Waals surface area contributed by atoms with Crippen molar-refractivity contribution in [3.05, 3.63) is 29.3 Å². The Morgan fingerprint density at radius 3 is 2.88 bits per heavy atom. The maximum absolute atomic E-state index is 12.3. The van der Waals surface area contributed by atoms with E-state index in [-0.39, 0.29) is 12.3 Å². The Labute approximate surface area is 92.9 Å². The molecule has 0 spiro atoms. The number of nitrogens with zero attached hydrogens (tertiary/aromatic N) is 1. The van der Waals surface area contributed by atoms with Crippen molar-refractivity contribution in [3.8, 4) is 0 Å². The average Bonchev–Trinajstić information content (AvgIpc) is 2.60. The van der Waals surface area contributed by atoms with E-state index in [2.05, 4.69) is 0 Å². The molecule has 0 bridgehead atoms. The molecule has 1 aromatic rings. The molecule has 0 aromatic heterocycles. The molecule has 0 fully saturated rings. The normalized spacial score (nSPS) is 14.4. The summed E-state index contributed by atoms with van der Waals surface area (Å²) in [5.74, 6) is 0.00936. The van der Waals surface area contributed by atoms with Crippen molar-refractivity contribution in [2.75, 3.05) is 18.0 Å². The third-order valence-electron chi connectivity index (χ3n) is 2.84. The molecule has 0 saturated carbocycles. The van der Waals surface area contributed by atoms with E-state index in [4.69, 9.17) is 0 Å². The maximum Gasteiger partial charge on any atom is 0.255 e. The highest BCUT2D eigenvalue weighted by Crippen LogP contribution is 2.29. The molecule has 2 rings (SSSR count). The van der Waals surface area contributed by atoms with Crippen LogP contribution in [0.3, 0.4) is 0 Å². The highest BCUT2D eigenvalue weighted by molar-refractivity contribution is 5.94. The highest BCUT2D eigenvalue weighted by Gasteiger charge is 2.22. The summed E-state index contributed by atoms with van der Waals surface area (Å²) in [7, 11) is 0. The zero-order chi connectivity index (χ0) is 11.7. The fraction of sp³-hybridized carbons (Fsp3) is 0.417. The Hall–Kier alpha value is -1.45. The molecule has 1 aliphatic rings. The first kappa shape index (κ1) is 11.0. The number of carbonyl (C=O) groups is 1. The third kappa shape index (κ3) is 2.05. The molecule has 0 saturated heterocycles. The zero-order valence-electron chi connectivity index (χ0n) is 9.04. The fourth-order valence-corrected chi connectivity index (χ4v) is 2.05. The lowest BCUT2D eigenvalue weighted by molar-refractivity contribution is 0.101. The molecule has 16 heavy (non-hydrogen) atoms. The monoisotopic (exact) mass is 225 g/mol. The van der Waals surface area contributed by atoms with Crippen LogP contribution in [-0.4, -0.2) is 25.3 Å². The molecular weight excluding hydrogens is 212 g/mol. The van der Waals surface area contributed by atoms with Crippen LogP contribution in [0.15, 0.2) is 18.2 Å². The molecular formula is C12H13F2NO. The van der Waals surface area contributed by atoms with Crippen LogP contribution in [-0.2, 0) is 6.42 Å². The summed E-state index contributed by atoms with van der Waals surface area (Å²) in [6.45, 7) is 1.89. The molecule has 0 amide bonds. The molecule has 0 radical (unpaired) electrons. The van der Waals surface area contributed by atoms with Crippen LogP contribution >= 0.6 is 0 Å². The fourth-order valence-electron chi connectivity index (χ4n) is 2.05. The summed E-state index contributed by atoms with van der Waals surface area (Å²) in [5, 5.41) is 0. The Balaban J connectivity index is 2.25. The molecule has 0 aliphatic carbocycles. The molecule has 1 aromatic carbocycles. The van der Waals surface area contributed by atoms with Crippen LogP contribution in [0.4, 0.5) is 14.5 Å². The van der Waals surface area contributed by atoms with Crippen molar-refractivity contribution in [2.24, 2.45) is 0 Å². The average molecular weight is 225 g/mol. The third-order valence-corrected chi connectivity index (χ3v) is 2.84. The van der Waals surface area contributed by atoms with Gasteiger partial charge in [0.1, 0.15) is 0 Å². The largest absolute Gasteiger partial charge is 0.365 e. The van der Waals surface area contributed by atoms with Gasteiger partial charge in [-0.3, -0.25) is 4.79 Å². The molecule has 0 unspecified atom stereocenters. The van der Waals surface area contributed by atoms with Crippen molar-refractivity contribution in [1.29, 1.82) is 0 Å². The summed E-state index contributed by atoms with van der Waals surface area (Å²) in [6, 6.07) is 5.27. The first-order valence-electron chi connectivity index (χ1n) is 5.25. The first-order chi connectivity index (χ1) is 7.58. The number of anilines is 1. The smallest absolute Gasteiger partial charge is 0.255 e. The number of hydrogen-bond acceptors (Lipinski definition) is 2. The van der Waals surface area contributed by atoms with Crippen LogP contribution in [0.25, 0.3) is 0 Å². The van der Waals surface area contributed by atoms with Gasteiger partial charge in [-0.05, 0) is 37.1 Å². The molecule has 4 heteroatoms. The SMILES string of the molecule is CC(=O)c1ccc2c(c1)CCN2CC(F)F. The van der Waals surface area contributed by atoms with Gasteiger partial charge in [0.2, 0.25) is 0 Å². The molecule has 1 aliphatic heterocycles. The van der Waals surface area contributed by atoms with E-state index in [1.807, 2.05) is 6.07 Å². The molecule has 1 heterocycles. The van der Waals surface area contributed by atoms with Gasteiger partial charge in [0, 0.05) is 17.8 Å². The number of benzene rings is 1. The quantitative estimate of drug-likeness (QED) is 0.737. The minimum absolute atomic E-state index is 0.00936. The van der Waals surface area contributed by atoms with Gasteiger partial charge in [0.15, 0.2) is 5.78 Å². The number of hydrogen-bond donors (Lipinski definition) is 0. The molecule has 0 atom stereocenters. The van der Waals surface area contributed by atoms with Gasteiger partial charge in [0.25, 0.3) is 6.43 Å².